The summed E-state index contributed by atoms with van der Waals surface area (Å²) in [6.07, 6.45) is 0. The summed E-state index contributed by atoms with van der Waals surface area (Å²) in [6.45, 7) is 5.97. The quantitative estimate of drug-likeness (QED) is 0.584. The van der Waals surface area contributed by atoms with Crippen molar-refractivity contribution in [1.29, 1.82) is 0 Å². The highest BCUT2D eigenvalue weighted by Gasteiger charge is 2.22. The van der Waals surface area contributed by atoms with Crippen LogP contribution in [0.5, 0.6) is 0 Å². The highest BCUT2D eigenvalue weighted by atomic mass is 35.5. The van der Waals surface area contributed by atoms with E-state index in [2.05, 4.69) is 15.2 Å². The molecule has 0 aliphatic heterocycles. The largest absolute Gasteiger partial charge is 0.359 e. The molecule has 9 heteroatoms. The Labute approximate surface area is 180 Å². The van der Waals surface area contributed by atoms with Gasteiger partial charge in [-0.3, -0.25) is 4.79 Å². The van der Waals surface area contributed by atoms with Crippen molar-refractivity contribution >= 4 is 33.3 Å². The summed E-state index contributed by atoms with van der Waals surface area (Å²) in [5.74, 6) is 0.328. The second-order valence-corrected chi connectivity index (χ2v) is 9.88. The van der Waals surface area contributed by atoms with E-state index in [1.807, 2.05) is 39.0 Å². The lowest BCUT2D eigenvalue weighted by Gasteiger charge is -2.12. The van der Waals surface area contributed by atoms with Gasteiger partial charge in [-0.2, -0.15) is 0 Å². The van der Waals surface area contributed by atoms with Crippen molar-refractivity contribution in [2.24, 2.45) is 0 Å². The fourth-order valence-corrected chi connectivity index (χ4v) is 4.12. The van der Waals surface area contributed by atoms with Crippen LogP contribution < -0.4 is 10.0 Å². The van der Waals surface area contributed by atoms with Gasteiger partial charge in [-0.1, -0.05) is 67.9 Å². The van der Waals surface area contributed by atoms with Crippen molar-refractivity contribution in [3.63, 3.8) is 0 Å². The van der Waals surface area contributed by atoms with E-state index < -0.39 is 15.9 Å². The van der Waals surface area contributed by atoms with E-state index in [1.54, 1.807) is 18.2 Å². The SMILES string of the molecule is CC(C)(C)c1cc(NC(=O)c2ccc(Cl)c(S(=O)(=O)NCc3ccccc3)c2)no1. The molecule has 7 nitrogen and oxygen atoms in total. The summed E-state index contributed by atoms with van der Waals surface area (Å²) in [5, 5.41) is 6.46. The van der Waals surface area contributed by atoms with Crippen LogP contribution in [0, 0.1) is 0 Å². The highest BCUT2D eigenvalue weighted by molar-refractivity contribution is 7.89. The Morgan fingerprint density at radius 1 is 1.10 bits per heavy atom. The van der Waals surface area contributed by atoms with Gasteiger partial charge >= 0.3 is 0 Å². The van der Waals surface area contributed by atoms with E-state index in [9.17, 15) is 13.2 Å². The number of anilines is 1. The molecule has 0 bridgehead atoms. The first kappa shape index (κ1) is 22.0. The molecule has 3 rings (SSSR count). The van der Waals surface area contributed by atoms with Crippen LogP contribution in [0.3, 0.4) is 0 Å². The molecule has 0 unspecified atom stereocenters. The molecule has 0 radical (unpaired) electrons. The average molecular weight is 448 g/mol. The van der Waals surface area contributed by atoms with Gasteiger partial charge in [-0.15, -0.1) is 0 Å². The molecule has 2 N–H and O–H groups in total. The van der Waals surface area contributed by atoms with Crippen LogP contribution in [-0.4, -0.2) is 19.5 Å². The van der Waals surface area contributed by atoms with Crippen LogP contribution in [0.2, 0.25) is 5.02 Å². The fourth-order valence-electron chi connectivity index (χ4n) is 2.58. The molecule has 0 atom stereocenters. The Morgan fingerprint density at radius 3 is 2.43 bits per heavy atom. The lowest BCUT2D eigenvalue weighted by molar-refractivity contribution is 0.102. The molecular weight excluding hydrogens is 426 g/mol. The van der Waals surface area contributed by atoms with Crippen LogP contribution in [0.4, 0.5) is 5.82 Å². The summed E-state index contributed by atoms with van der Waals surface area (Å²) >= 11 is 6.10. The molecule has 3 aromatic rings. The van der Waals surface area contributed by atoms with Crippen molar-refractivity contribution in [2.45, 2.75) is 37.6 Å². The number of nitrogens with zero attached hydrogens (tertiary/aromatic N) is 1. The van der Waals surface area contributed by atoms with E-state index in [0.29, 0.717) is 5.76 Å². The summed E-state index contributed by atoms with van der Waals surface area (Å²) in [5.41, 5.74) is 0.661. The molecule has 0 aliphatic rings. The molecule has 1 amide bonds. The van der Waals surface area contributed by atoms with Gasteiger partial charge < -0.3 is 9.84 Å². The van der Waals surface area contributed by atoms with Crippen LogP contribution in [0.1, 0.15) is 42.5 Å². The number of nitrogens with one attached hydrogen (secondary N) is 2. The molecule has 30 heavy (non-hydrogen) atoms. The summed E-state index contributed by atoms with van der Waals surface area (Å²) < 4.78 is 33.2. The Hall–Kier alpha value is -2.68. The number of amides is 1. The van der Waals surface area contributed by atoms with Crippen molar-refractivity contribution in [3.8, 4) is 0 Å². The van der Waals surface area contributed by atoms with Crippen LogP contribution >= 0.6 is 11.6 Å². The third-order valence-corrected chi connectivity index (χ3v) is 6.17. The van der Waals surface area contributed by atoms with Gasteiger partial charge in [-0.05, 0) is 23.8 Å². The summed E-state index contributed by atoms with van der Waals surface area (Å²) in [6, 6.07) is 14.8. The molecule has 0 saturated heterocycles. The van der Waals surface area contributed by atoms with Crippen LogP contribution in [0.15, 0.2) is 64.0 Å². The van der Waals surface area contributed by atoms with Crippen molar-refractivity contribution in [3.05, 3.63) is 76.5 Å². The summed E-state index contributed by atoms with van der Waals surface area (Å²) in [4.78, 5) is 12.4. The topological polar surface area (TPSA) is 101 Å². The highest BCUT2D eigenvalue weighted by Crippen LogP contribution is 2.26. The Balaban J connectivity index is 1.78. The minimum Gasteiger partial charge on any atom is -0.359 e. The number of hydrogen-bond donors (Lipinski definition) is 2. The zero-order valence-corrected chi connectivity index (χ0v) is 18.3. The molecule has 0 spiro atoms. The predicted molar refractivity (Wildman–Crippen MR) is 115 cm³/mol. The molecule has 1 aromatic heterocycles. The lowest BCUT2D eigenvalue weighted by atomic mass is 9.93. The monoisotopic (exact) mass is 447 g/mol. The molecule has 2 aromatic carbocycles. The Bertz CT molecular complexity index is 1150. The smallest absolute Gasteiger partial charge is 0.256 e. The Kier molecular flexibility index (Phi) is 6.30. The van der Waals surface area contributed by atoms with Crippen LogP contribution in [-0.2, 0) is 22.0 Å². The second-order valence-electron chi connectivity index (χ2n) is 7.74. The van der Waals surface area contributed by atoms with E-state index in [-0.39, 0.29) is 33.3 Å². The maximum absolute atomic E-state index is 12.7. The first-order valence-electron chi connectivity index (χ1n) is 9.18. The number of benzene rings is 2. The summed E-state index contributed by atoms with van der Waals surface area (Å²) in [7, 11) is -3.93. The average Bonchev–Trinajstić information content (AvgIpc) is 3.16. The first-order valence-corrected chi connectivity index (χ1v) is 11.0. The van der Waals surface area contributed by atoms with Gasteiger partial charge in [-0.25, -0.2) is 13.1 Å². The maximum Gasteiger partial charge on any atom is 0.256 e. The minimum atomic E-state index is -3.93. The number of rotatable bonds is 6. The lowest BCUT2D eigenvalue weighted by Crippen LogP contribution is -2.24. The molecule has 0 saturated carbocycles. The van der Waals surface area contributed by atoms with E-state index in [0.717, 1.165) is 5.56 Å². The molecule has 0 aliphatic carbocycles. The molecule has 1 heterocycles. The third kappa shape index (κ3) is 5.27. The molecule has 0 fully saturated rings. The van der Waals surface area contributed by atoms with Crippen LogP contribution in [0.25, 0.3) is 0 Å². The van der Waals surface area contributed by atoms with Crippen molar-refractivity contribution in [2.75, 3.05) is 5.32 Å². The van der Waals surface area contributed by atoms with Gasteiger partial charge in [0.15, 0.2) is 5.82 Å². The zero-order valence-electron chi connectivity index (χ0n) is 16.8. The zero-order chi connectivity index (χ0) is 21.9. The van der Waals surface area contributed by atoms with Gasteiger partial charge in [0.05, 0.1) is 5.02 Å². The fraction of sp³-hybridized carbons (Fsp3) is 0.238. The van der Waals surface area contributed by atoms with Gasteiger partial charge in [0, 0.05) is 23.6 Å². The normalized spacial score (nSPS) is 12.0. The maximum atomic E-state index is 12.7. The molecule has 158 valence electrons. The number of aromatic nitrogens is 1. The first-order chi connectivity index (χ1) is 14.1. The number of hydrogen-bond acceptors (Lipinski definition) is 5. The number of carbonyl (C=O) groups excluding carboxylic acids is 1. The Morgan fingerprint density at radius 2 is 1.80 bits per heavy atom. The third-order valence-electron chi connectivity index (χ3n) is 4.28. The van der Waals surface area contributed by atoms with Gasteiger partial charge in [0.1, 0.15) is 10.7 Å². The second kappa shape index (κ2) is 8.59. The molecular formula is C21H22ClN3O4S. The number of halogens is 1. The number of sulfonamides is 1. The van der Waals surface area contributed by atoms with E-state index in [1.165, 1.54) is 18.2 Å². The van der Waals surface area contributed by atoms with Crippen molar-refractivity contribution < 1.29 is 17.7 Å². The van der Waals surface area contributed by atoms with E-state index in [4.69, 9.17) is 16.1 Å². The number of carbonyl (C=O) groups is 1. The van der Waals surface area contributed by atoms with Gasteiger partial charge in [0.25, 0.3) is 5.91 Å². The predicted octanol–water partition coefficient (Wildman–Crippen LogP) is 4.36. The standard InChI is InChI=1S/C21H22ClN3O4S/c1-21(2,3)18-12-19(25-29-18)24-20(26)15-9-10-16(22)17(11-15)30(27,28)23-13-14-7-5-4-6-8-14/h4-12,23H,13H2,1-3H3,(H,24,25,26). The van der Waals surface area contributed by atoms with Crippen molar-refractivity contribution in [1.82, 2.24) is 9.88 Å². The van der Waals surface area contributed by atoms with Gasteiger partial charge in [0.2, 0.25) is 10.0 Å². The minimum absolute atomic E-state index is 0.0172. The van der Waals surface area contributed by atoms with E-state index >= 15 is 0 Å².